The first kappa shape index (κ1) is 16.3. The van der Waals surface area contributed by atoms with E-state index in [0.29, 0.717) is 12.4 Å². The Morgan fingerprint density at radius 3 is 2.75 bits per heavy atom. The molecule has 1 unspecified atom stereocenters. The Labute approximate surface area is 141 Å². The second kappa shape index (κ2) is 6.16. The SMILES string of the molecule is CC(C)N1c2nc(-c3ccncc3CN)ncc2N(C)C(=O)C1C. The predicted octanol–water partition coefficient (Wildman–Crippen LogP) is 1.58. The first-order valence-electron chi connectivity index (χ1n) is 8.02. The highest BCUT2D eigenvalue weighted by Crippen LogP contribution is 2.36. The number of aromatic nitrogens is 3. The molecule has 0 saturated carbocycles. The monoisotopic (exact) mass is 326 g/mol. The number of nitrogens with two attached hydrogens (primary N) is 1. The van der Waals surface area contributed by atoms with Crippen LogP contribution < -0.4 is 15.5 Å². The summed E-state index contributed by atoms with van der Waals surface area (Å²) in [6, 6.07) is 1.74. The summed E-state index contributed by atoms with van der Waals surface area (Å²) in [5.41, 5.74) is 8.28. The van der Waals surface area contributed by atoms with Crippen LogP contribution in [-0.4, -0.2) is 40.0 Å². The van der Waals surface area contributed by atoms with Crippen molar-refractivity contribution in [2.75, 3.05) is 16.8 Å². The van der Waals surface area contributed by atoms with Gasteiger partial charge in [-0.15, -0.1) is 0 Å². The van der Waals surface area contributed by atoms with E-state index in [2.05, 4.69) is 23.8 Å². The Morgan fingerprint density at radius 1 is 1.33 bits per heavy atom. The highest BCUT2D eigenvalue weighted by Gasteiger charge is 2.36. The molecule has 126 valence electrons. The Kier molecular flexibility index (Phi) is 4.19. The molecule has 2 aromatic rings. The van der Waals surface area contributed by atoms with Crippen LogP contribution in [-0.2, 0) is 11.3 Å². The molecule has 0 spiro atoms. The highest BCUT2D eigenvalue weighted by atomic mass is 16.2. The summed E-state index contributed by atoms with van der Waals surface area (Å²) < 4.78 is 0. The number of hydrogen-bond acceptors (Lipinski definition) is 6. The van der Waals surface area contributed by atoms with Crippen molar-refractivity contribution in [1.82, 2.24) is 15.0 Å². The van der Waals surface area contributed by atoms with Crippen LogP contribution in [0.25, 0.3) is 11.4 Å². The summed E-state index contributed by atoms with van der Waals surface area (Å²) >= 11 is 0. The number of carbonyl (C=O) groups is 1. The van der Waals surface area contributed by atoms with E-state index in [4.69, 9.17) is 10.7 Å². The summed E-state index contributed by atoms with van der Waals surface area (Å²) in [5, 5.41) is 0. The van der Waals surface area contributed by atoms with Crippen LogP contribution in [0.3, 0.4) is 0 Å². The standard InChI is InChI=1S/C17H22N6O/c1-10(2)23-11(3)17(24)22(4)14-9-20-15(21-16(14)23)13-5-6-19-8-12(13)7-18/h5-6,8-11H,7,18H2,1-4H3. The van der Waals surface area contributed by atoms with Gasteiger partial charge in [0.05, 0.1) is 6.20 Å². The van der Waals surface area contributed by atoms with E-state index in [1.165, 1.54) is 0 Å². The summed E-state index contributed by atoms with van der Waals surface area (Å²) in [7, 11) is 1.76. The van der Waals surface area contributed by atoms with Crippen LogP contribution in [0, 0.1) is 0 Å². The van der Waals surface area contributed by atoms with Gasteiger partial charge in [0.2, 0.25) is 5.91 Å². The fraction of sp³-hybridized carbons (Fsp3) is 0.412. The van der Waals surface area contributed by atoms with E-state index in [-0.39, 0.29) is 18.0 Å². The van der Waals surface area contributed by atoms with Crippen molar-refractivity contribution < 1.29 is 4.79 Å². The zero-order chi connectivity index (χ0) is 17.4. The lowest BCUT2D eigenvalue weighted by atomic mass is 10.1. The number of fused-ring (bicyclic) bond motifs is 1. The van der Waals surface area contributed by atoms with Gasteiger partial charge in [-0.25, -0.2) is 9.97 Å². The van der Waals surface area contributed by atoms with Crippen molar-refractivity contribution in [2.24, 2.45) is 5.73 Å². The molecule has 2 aromatic heterocycles. The lowest BCUT2D eigenvalue weighted by molar-refractivity contribution is -0.119. The second-order valence-electron chi connectivity index (χ2n) is 6.21. The molecule has 0 radical (unpaired) electrons. The molecule has 2 N–H and O–H groups in total. The van der Waals surface area contributed by atoms with Gasteiger partial charge in [0.25, 0.3) is 0 Å². The molecular formula is C17H22N6O. The fourth-order valence-corrected chi connectivity index (χ4v) is 3.12. The van der Waals surface area contributed by atoms with Crippen molar-refractivity contribution in [3.05, 3.63) is 30.2 Å². The first-order chi connectivity index (χ1) is 11.5. The largest absolute Gasteiger partial charge is 0.341 e. The molecule has 1 atom stereocenters. The minimum absolute atomic E-state index is 0.0408. The lowest BCUT2D eigenvalue weighted by Gasteiger charge is -2.41. The maximum absolute atomic E-state index is 12.5. The summed E-state index contributed by atoms with van der Waals surface area (Å²) in [4.78, 5) is 29.5. The zero-order valence-corrected chi connectivity index (χ0v) is 14.4. The van der Waals surface area contributed by atoms with Crippen molar-refractivity contribution >= 4 is 17.4 Å². The Bertz CT molecular complexity index is 775. The molecule has 0 aromatic carbocycles. The number of nitrogens with zero attached hydrogens (tertiary/aromatic N) is 5. The summed E-state index contributed by atoms with van der Waals surface area (Å²) in [6.07, 6.45) is 5.14. The summed E-state index contributed by atoms with van der Waals surface area (Å²) in [6.45, 7) is 6.38. The molecule has 7 nitrogen and oxygen atoms in total. The molecule has 24 heavy (non-hydrogen) atoms. The van der Waals surface area contributed by atoms with E-state index in [9.17, 15) is 4.79 Å². The first-order valence-corrected chi connectivity index (χ1v) is 8.02. The van der Waals surface area contributed by atoms with Crippen molar-refractivity contribution in [3.8, 4) is 11.4 Å². The fourth-order valence-electron chi connectivity index (χ4n) is 3.12. The maximum Gasteiger partial charge on any atom is 0.249 e. The van der Waals surface area contributed by atoms with Gasteiger partial charge in [0.1, 0.15) is 11.7 Å². The molecule has 0 aliphatic carbocycles. The minimum atomic E-state index is -0.267. The minimum Gasteiger partial charge on any atom is -0.341 e. The number of pyridine rings is 1. The van der Waals surface area contributed by atoms with Crippen LogP contribution in [0.2, 0.25) is 0 Å². The molecule has 1 amide bonds. The maximum atomic E-state index is 12.5. The highest BCUT2D eigenvalue weighted by molar-refractivity contribution is 6.04. The van der Waals surface area contributed by atoms with Gasteiger partial charge in [0.15, 0.2) is 11.6 Å². The number of amides is 1. The van der Waals surface area contributed by atoms with E-state index < -0.39 is 0 Å². The smallest absolute Gasteiger partial charge is 0.249 e. The van der Waals surface area contributed by atoms with Crippen molar-refractivity contribution in [1.29, 1.82) is 0 Å². The van der Waals surface area contributed by atoms with Crippen LogP contribution in [0.5, 0.6) is 0 Å². The zero-order valence-electron chi connectivity index (χ0n) is 14.4. The molecule has 1 aliphatic rings. The summed E-state index contributed by atoms with van der Waals surface area (Å²) in [5.74, 6) is 1.40. The molecule has 0 bridgehead atoms. The average molecular weight is 326 g/mol. The Hall–Kier alpha value is -2.54. The van der Waals surface area contributed by atoms with Crippen LogP contribution in [0.4, 0.5) is 11.5 Å². The molecule has 3 heterocycles. The average Bonchev–Trinajstić information content (AvgIpc) is 2.59. The van der Waals surface area contributed by atoms with Gasteiger partial charge < -0.3 is 15.5 Å². The number of likely N-dealkylation sites (N-methyl/N-ethyl adjacent to an activating group) is 1. The molecule has 7 heteroatoms. The second-order valence-corrected chi connectivity index (χ2v) is 6.21. The van der Waals surface area contributed by atoms with Crippen LogP contribution in [0.15, 0.2) is 24.7 Å². The third-order valence-electron chi connectivity index (χ3n) is 4.38. The lowest BCUT2D eigenvalue weighted by Crippen LogP contribution is -2.53. The van der Waals surface area contributed by atoms with Crippen LogP contribution in [0.1, 0.15) is 26.3 Å². The molecule has 0 fully saturated rings. The van der Waals surface area contributed by atoms with E-state index in [1.807, 2.05) is 17.9 Å². The number of hydrogen-bond donors (Lipinski definition) is 1. The normalized spacial score (nSPS) is 17.4. The third kappa shape index (κ3) is 2.50. The number of rotatable bonds is 3. The quantitative estimate of drug-likeness (QED) is 0.921. The van der Waals surface area contributed by atoms with Gasteiger partial charge in [-0.3, -0.25) is 9.78 Å². The molecule has 3 rings (SSSR count). The van der Waals surface area contributed by atoms with E-state index in [1.54, 1.807) is 30.5 Å². The topological polar surface area (TPSA) is 88.2 Å². The molecule has 0 saturated heterocycles. The van der Waals surface area contributed by atoms with Crippen molar-refractivity contribution in [3.63, 3.8) is 0 Å². The van der Waals surface area contributed by atoms with Gasteiger partial charge >= 0.3 is 0 Å². The van der Waals surface area contributed by atoms with Crippen LogP contribution >= 0.6 is 0 Å². The van der Waals surface area contributed by atoms with E-state index in [0.717, 1.165) is 22.6 Å². The number of carbonyl (C=O) groups excluding carboxylic acids is 1. The van der Waals surface area contributed by atoms with Gasteiger partial charge in [-0.1, -0.05) is 0 Å². The predicted molar refractivity (Wildman–Crippen MR) is 93.6 cm³/mol. The number of anilines is 2. The van der Waals surface area contributed by atoms with E-state index >= 15 is 0 Å². The third-order valence-corrected chi connectivity index (χ3v) is 4.38. The Balaban J connectivity index is 2.17. The van der Waals surface area contributed by atoms with Crippen molar-refractivity contribution in [2.45, 2.75) is 39.4 Å². The molecular weight excluding hydrogens is 304 g/mol. The Morgan fingerprint density at radius 2 is 2.08 bits per heavy atom. The van der Waals surface area contributed by atoms with Gasteiger partial charge in [-0.05, 0) is 32.4 Å². The van der Waals surface area contributed by atoms with Gasteiger partial charge in [0, 0.05) is 37.6 Å². The molecule has 1 aliphatic heterocycles. The van der Waals surface area contributed by atoms with Gasteiger partial charge in [-0.2, -0.15) is 0 Å².